The Morgan fingerprint density at radius 1 is 1.10 bits per heavy atom. The monoisotopic (exact) mass is 283 g/mol. The van der Waals surface area contributed by atoms with Crippen molar-refractivity contribution in [1.82, 2.24) is 5.32 Å². The van der Waals surface area contributed by atoms with E-state index in [1.165, 1.54) is 11.1 Å². The van der Waals surface area contributed by atoms with Crippen LogP contribution in [0.4, 0.5) is 0 Å². The molecule has 0 saturated heterocycles. The van der Waals surface area contributed by atoms with E-state index in [0.29, 0.717) is 5.56 Å². The maximum absolute atomic E-state index is 12.2. The van der Waals surface area contributed by atoms with Gasteiger partial charge in [-0.05, 0) is 48.6 Å². The lowest BCUT2D eigenvalue weighted by molar-refractivity contribution is 0.0933. The van der Waals surface area contributed by atoms with Gasteiger partial charge in [0.25, 0.3) is 5.91 Å². The van der Waals surface area contributed by atoms with Crippen molar-refractivity contribution in [3.8, 4) is 0 Å². The van der Waals surface area contributed by atoms with E-state index < -0.39 is 0 Å². The molecule has 0 aliphatic heterocycles. The zero-order valence-electron chi connectivity index (χ0n) is 11.2. The molecule has 0 spiro atoms. The molecule has 1 aliphatic rings. The van der Waals surface area contributed by atoms with Gasteiger partial charge in [0.05, 0.1) is 0 Å². The highest BCUT2D eigenvalue weighted by Gasteiger charge is 2.20. The third kappa shape index (κ3) is 2.88. The second-order valence-electron chi connectivity index (χ2n) is 5.23. The maximum atomic E-state index is 12.2. The standard InChI is InChI=1S/C17H17NOS/c19-17(14-6-3-7-16(20)11-14)18-15-9-8-12-4-1-2-5-13(12)10-15/h1-7,11,15,20H,8-10H2,(H,18,19). The second kappa shape index (κ2) is 5.71. The molecule has 1 atom stereocenters. The molecule has 0 radical (unpaired) electrons. The van der Waals surface area contributed by atoms with Crippen LogP contribution >= 0.6 is 12.6 Å². The molecule has 2 aromatic carbocycles. The molecule has 102 valence electrons. The van der Waals surface area contributed by atoms with Gasteiger partial charge >= 0.3 is 0 Å². The first-order valence-electron chi connectivity index (χ1n) is 6.89. The van der Waals surface area contributed by atoms with Gasteiger partial charge in [0, 0.05) is 16.5 Å². The molecule has 0 fully saturated rings. The van der Waals surface area contributed by atoms with Gasteiger partial charge in [-0.25, -0.2) is 0 Å². The SMILES string of the molecule is O=C(NC1CCc2ccccc2C1)c1cccc(S)c1. The van der Waals surface area contributed by atoms with E-state index in [-0.39, 0.29) is 11.9 Å². The number of carbonyl (C=O) groups excluding carboxylic acids is 1. The van der Waals surface area contributed by atoms with E-state index in [0.717, 1.165) is 24.2 Å². The van der Waals surface area contributed by atoms with Gasteiger partial charge in [-0.3, -0.25) is 4.79 Å². The van der Waals surface area contributed by atoms with Crippen molar-refractivity contribution < 1.29 is 4.79 Å². The first kappa shape index (κ1) is 13.3. The van der Waals surface area contributed by atoms with Crippen molar-refractivity contribution in [2.75, 3.05) is 0 Å². The molecule has 1 aliphatic carbocycles. The third-order valence-electron chi connectivity index (χ3n) is 3.79. The normalized spacial score (nSPS) is 17.4. The number of hydrogen-bond donors (Lipinski definition) is 2. The minimum absolute atomic E-state index is 0.00900. The van der Waals surface area contributed by atoms with Crippen LogP contribution in [0.15, 0.2) is 53.4 Å². The first-order valence-corrected chi connectivity index (χ1v) is 7.34. The molecule has 2 aromatic rings. The van der Waals surface area contributed by atoms with E-state index >= 15 is 0 Å². The number of hydrogen-bond acceptors (Lipinski definition) is 2. The topological polar surface area (TPSA) is 29.1 Å². The molecule has 3 rings (SSSR count). The lowest BCUT2D eigenvalue weighted by atomic mass is 9.88. The molecule has 1 N–H and O–H groups in total. The van der Waals surface area contributed by atoms with Crippen molar-refractivity contribution in [1.29, 1.82) is 0 Å². The summed E-state index contributed by atoms with van der Waals surface area (Å²) in [4.78, 5) is 13.0. The molecule has 1 unspecified atom stereocenters. The smallest absolute Gasteiger partial charge is 0.251 e. The van der Waals surface area contributed by atoms with Gasteiger partial charge < -0.3 is 5.32 Å². The van der Waals surface area contributed by atoms with Crippen LogP contribution < -0.4 is 5.32 Å². The summed E-state index contributed by atoms with van der Waals surface area (Å²) in [6, 6.07) is 16.1. The predicted molar refractivity (Wildman–Crippen MR) is 83.4 cm³/mol. The summed E-state index contributed by atoms with van der Waals surface area (Å²) < 4.78 is 0. The molecule has 20 heavy (non-hydrogen) atoms. The molecular weight excluding hydrogens is 266 g/mol. The van der Waals surface area contributed by atoms with Crippen molar-refractivity contribution >= 4 is 18.5 Å². The number of carbonyl (C=O) groups is 1. The Bertz CT molecular complexity index is 638. The largest absolute Gasteiger partial charge is 0.349 e. The van der Waals surface area contributed by atoms with Crippen LogP contribution in [0, 0.1) is 0 Å². The Kier molecular flexibility index (Phi) is 3.79. The summed E-state index contributed by atoms with van der Waals surface area (Å²) in [6.45, 7) is 0. The van der Waals surface area contributed by atoms with Crippen LogP contribution in [0.25, 0.3) is 0 Å². The number of aryl methyl sites for hydroxylation is 1. The molecule has 0 saturated carbocycles. The van der Waals surface area contributed by atoms with Gasteiger partial charge in [-0.15, -0.1) is 12.6 Å². The van der Waals surface area contributed by atoms with Crippen LogP contribution in [0.1, 0.15) is 27.9 Å². The molecule has 0 aromatic heterocycles. The number of fused-ring (bicyclic) bond motifs is 1. The van der Waals surface area contributed by atoms with Crippen molar-refractivity contribution in [3.05, 3.63) is 65.2 Å². The summed E-state index contributed by atoms with van der Waals surface area (Å²) in [5, 5.41) is 3.13. The Balaban J connectivity index is 1.69. The summed E-state index contributed by atoms with van der Waals surface area (Å²) in [7, 11) is 0. The van der Waals surface area contributed by atoms with E-state index in [4.69, 9.17) is 0 Å². The van der Waals surface area contributed by atoms with Crippen molar-refractivity contribution in [3.63, 3.8) is 0 Å². The Morgan fingerprint density at radius 3 is 2.70 bits per heavy atom. The van der Waals surface area contributed by atoms with E-state index in [9.17, 15) is 4.79 Å². The third-order valence-corrected chi connectivity index (χ3v) is 4.07. The Hall–Kier alpha value is -1.74. The summed E-state index contributed by atoms with van der Waals surface area (Å²) in [5.74, 6) is -0.00900. The highest BCUT2D eigenvalue weighted by molar-refractivity contribution is 7.80. The average molecular weight is 283 g/mol. The number of rotatable bonds is 2. The minimum atomic E-state index is -0.00900. The van der Waals surface area contributed by atoms with Gasteiger partial charge in [-0.1, -0.05) is 30.3 Å². The van der Waals surface area contributed by atoms with Crippen LogP contribution in [-0.4, -0.2) is 11.9 Å². The zero-order valence-corrected chi connectivity index (χ0v) is 12.1. The number of nitrogens with one attached hydrogen (secondary N) is 1. The van der Waals surface area contributed by atoms with Crippen molar-refractivity contribution in [2.24, 2.45) is 0 Å². The average Bonchev–Trinajstić information content (AvgIpc) is 2.47. The minimum Gasteiger partial charge on any atom is -0.349 e. The van der Waals surface area contributed by atoms with E-state index in [1.807, 2.05) is 18.2 Å². The summed E-state index contributed by atoms with van der Waals surface area (Å²) in [6.07, 6.45) is 2.96. The molecule has 2 nitrogen and oxygen atoms in total. The Morgan fingerprint density at radius 2 is 1.90 bits per heavy atom. The second-order valence-corrected chi connectivity index (χ2v) is 5.75. The molecule has 1 amide bonds. The lowest BCUT2D eigenvalue weighted by Gasteiger charge is -2.25. The van der Waals surface area contributed by atoms with E-state index in [1.54, 1.807) is 6.07 Å². The quantitative estimate of drug-likeness (QED) is 0.814. The fourth-order valence-corrected chi connectivity index (χ4v) is 2.96. The number of benzene rings is 2. The van der Waals surface area contributed by atoms with Crippen LogP contribution in [0.3, 0.4) is 0 Å². The van der Waals surface area contributed by atoms with Crippen LogP contribution in [0.5, 0.6) is 0 Å². The summed E-state index contributed by atoms with van der Waals surface area (Å²) >= 11 is 4.27. The maximum Gasteiger partial charge on any atom is 0.251 e. The van der Waals surface area contributed by atoms with Crippen LogP contribution in [-0.2, 0) is 12.8 Å². The molecular formula is C17H17NOS. The number of amides is 1. The van der Waals surface area contributed by atoms with Gasteiger partial charge in [0.2, 0.25) is 0 Å². The zero-order chi connectivity index (χ0) is 13.9. The fraction of sp³-hybridized carbons (Fsp3) is 0.235. The Labute approximate surface area is 124 Å². The highest BCUT2D eigenvalue weighted by atomic mass is 32.1. The highest BCUT2D eigenvalue weighted by Crippen LogP contribution is 2.21. The summed E-state index contributed by atoms with van der Waals surface area (Å²) in [5.41, 5.74) is 3.44. The molecule has 3 heteroatoms. The first-order chi connectivity index (χ1) is 9.72. The molecule has 0 heterocycles. The number of thiol groups is 1. The van der Waals surface area contributed by atoms with Gasteiger partial charge in [0.1, 0.15) is 0 Å². The van der Waals surface area contributed by atoms with Gasteiger partial charge in [-0.2, -0.15) is 0 Å². The van der Waals surface area contributed by atoms with E-state index in [2.05, 4.69) is 42.2 Å². The van der Waals surface area contributed by atoms with Crippen LogP contribution in [0.2, 0.25) is 0 Å². The van der Waals surface area contributed by atoms with Crippen molar-refractivity contribution in [2.45, 2.75) is 30.2 Å². The molecule has 0 bridgehead atoms. The fourth-order valence-electron chi connectivity index (χ4n) is 2.74. The predicted octanol–water partition coefficient (Wildman–Crippen LogP) is 3.26. The van der Waals surface area contributed by atoms with Gasteiger partial charge in [0.15, 0.2) is 0 Å². The lowest BCUT2D eigenvalue weighted by Crippen LogP contribution is -2.38.